The van der Waals surface area contributed by atoms with E-state index in [-0.39, 0.29) is 6.04 Å². The Kier molecular flexibility index (Phi) is 6.01. The van der Waals surface area contributed by atoms with E-state index < -0.39 is 20.8 Å². The molecule has 1 atom stereocenters. The summed E-state index contributed by atoms with van der Waals surface area (Å²) in [5.41, 5.74) is 0. The highest BCUT2D eigenvalue weighted by molar-refractivity contribution is 6.76. The lowest BCUT2D eigenvalue weighted by atomic mass is 10.5. The molecule has 0 saturated carbocycles. The molecular formula is C10H22F3N3Si. The lowest BCUT2D eigenvalue weighted by Crippen LogP contribution is -2.40. The molecular weight excluding hydrogens is 247 g/mol. The third-order valence-electron chi connectivity index (χ3n) is 2.17. The predicted molar refractivity (Wildman–Crippen MR) is 68.0 cm³/mol. The molecule has 0 radical (unpaired) electrons. The number of nitrogens with zero attached hydrogens (tertiary/aromatic N) is 3. The van der Waals surface area contributed by atoms with Gasteiger partial charge >= 0.3 is 0 Å². The Bertz CT molecular complexity index is 258. The van der Waals surface area contributed by atoms with E-state index >= 15 is 0 Å². The first-order chi connectivity index (χ1) is 7.57. The molecule has 0 N–H and O–H groups in total. The fourth-order valence-electron chi connectivity index (χ4n) is 1.48. The highest BCUT2D eigenvalue weighted by atomic mass is 28.3. The predicted octanol–water partition coefficient (Wildman–Crippen LogP) is 2.27. The smallest absolute Gasteiger partial charge is 0.269 e. The summed E-state index contributed by atoms with van der Waals surface area (Å²) in [6.07, 6.45) is -5.00. The second-order valence-electron chi connectivity index (χ2n) is 5.07. The summed E-state index contributed by atoms with van der Waals surface area (Å²) in [5, 5.41) is 0. The van der Waals surface area contributed by atoms with Crippen LogP contribution in [-0.2, 0) is 0 Å². The zero-order valence-corrected chi connectivity index (χ0v) is 12.3. The molecule has 0 aliphatic carbocycles. The number of guanidine groups is 1. The van der Waals surface area contributed by atoms with Gasteiger partial charge in [0.25, 0.3) is 6.43 Å². The first-order valence-corrected chi connectivity index (χ1v) is 8.59. The van der Waals surface area contributed by atoms with Crippen LogP contribution in [-0.4, -0.2) is 64.8 Å². The quantitative estimate of drug-likeness (QED) is 0.443. The Hall–Kier alpha value is -0.723. The van der Waals surface area contributed by atoms with E-state index in [1.54, 1.807) is 22.9 Å². The molecule has 102 valence electrons. The minimum Gasteiger partial charge on any atom is -0.350 e. The molecule has 0 spiro atoms. The van der Waals surface area contributed by atoms with Crippen LogP contribution < -0.4 is 0 Å². The molecule has 0 amide bonds. The SMILES string of the molecule is CN(C)C(=N[Si](C)(C)CC(F)C(F)F)N(C)C. The first kappa shape index (κ1) is 16.3. The molecule has 0 saturated heterocycles. The van der Waals surface area contributed by atoms with Gasteiger partial charge in [0.05, 0.1) is 0 Å². The number of hydrogen-bond acceptors (Lipinski definition) is 1. The maximum Gasteiger partial charge on any atom is 0.269 e. The Morgan fingerprint density at radius 1 is 1.06 bits per heavy atom. The molecule has 0 aromatic carbocycles. The lowest BCUT2D eigenvalue weighted by Gasteiger charge is -2.28. The molecule has 0 aliphatic rings. The standard InChI is InChI=1S/C10H22F3N3Si/c1-15(2)10(16(3)4)14-17(5,6)7-8(11)9(12)13/h8-9H,7H2,1-6H3. The van der Waals surface area contributed by atoms with Crippen LogP contribution in [0.4, 0.5) is 13.2 Å². The third kappa shape index (κ3) is 5.95. The fourth-order valence-corrected chi connectivity index (χ4v) is 3.65. The highest BCUT2D eigenvalue weighted by Gasteiger charge is 2.31. The van der Waals surface area contributed by atoms with E-state index in [1.807, 2.05) is 28.2 Å². The summed E-state index contributed by atoms with van der Waals surface area (Å²) < 4.78 is 41.9. The molecule has 0 heterocycles. The van der Waals surface area contributed by atoms with E-state index in [9.17, 15) is 13.2 Å². The van der Waals surface area contributed by atoms with Crippen molar-refractivity contribution in [2.75, 3.05) is 28.2 Å². The van der Waals surface area contributed by atoms with Crippen molar-refractivity contribution in [1.29, 1.82) is 0 Å². The van der Waals surface area contributed by atoms with Crippen molar-refractivity contribution in [3.8, 4) is 0 Å². The van der Waals surface area contributed by atoms with Crippen molar-refractivity contribution < 1.29 is 13.2 Å². The van der Waals surface area contributed by atoms with Crippen LogP contribution >= 0.6 is 0 Å². The maximum atomic E-state index is 13.1. The van der Waals surface area contributed by atoms with E-state index in [1.165, 1.54) is 0 Å². The zero-order chi connectivity index (χ0) is 13.8. The van der Waals surface area contributed by atoms with Gasteiger partial charge in [-0.05, 0) is 19.1 Å². The van der Waals surface area contributed by atoms with Crippen LogP contribution in [0.1, 0.15) is 0 Å². The minimum absolute atomic E-state index is 0.157. The molecule has 0 aliphatic heterocycles. The van der Waals surface area contributed by atoms with Gasteiger partial charge in [-0.15, -0.1) is 0 Å². The Morgan fingerprint density at radius 2 is 1.47 bits per heavy atom. The highest BCUT2D eigenvalue weighted by Crippen LogP contribution is 2.21. The third-order valence-corrected chi connectivity index (χ3v) is 4.37. The number of alkyl halides is 3. The van der Waals surface area contributed by atoms with E-state index in [4.69, 9.17) is 0 Å². The second kappa shape index (κ2) is 6.27. The first-order valence-electron chi connectivity index (χ1n) is 5.43. The van der Waals surface area contributed by atoms with Crippen LogP contribution in [0.5, 0.6) is 0 Å². The minimum atomic E-state index is -2.92. The fraction of sp³-hybridized carbons (Fsp3) is 0.900. The molecule has 0 aromatic rings. The van der Waals surface area contributed by atoms with Crippen LogP contribution in [0.25, 0.3) is 0 Å². The molecule has 1 unspecified atom stereocenters. The van der Waals surface area contributed by atoms with E-state index in [2.05, 4.69) is 4.66 Å². The molecule has 0 rings (SSSR count). The Balaban J connectivity index is 4.86. The van der Waals surface area contributed by atoms with Gasteiger partial charge in [-0.3, -0.25) is 4.66 Å². The van der Waals surface area contributed by atoms with Crippen LogP contribution in [0, 0.1) is 0 Å². The average Bonchev–Trinajstić information content (AvgIpc) is 2.12. The summed E-state index contributed by atoms with van der Waals surface area (Å²) in [6.45, 7) is 3.57. The summed E-state index contributed by atoms with van der Waals surface area (Å²) in [4.78, 5) is 3.59. The normalized spacial score (nSPS) is 13.5. The van der Waals surface area contributed by atoms with Gasteiger partial charge in [-0.2, -0.15) is 0 Å². The topological polar surface area (TPSA) is 18.8 Å². The lowest BCUT2D eigenvalue weighted by molar-refractivity contribution is 0.0595. The van der Waals surface area contributed by atoms with Gasteiger partial charge in [0.1, 0.15) is 0 Å². The van der Waals surface area contributed by atoms with Crippen molar-refractivity contribution >= 4 is 14.2 Å². The molecule has 0 bridgehead atoms. The monoisotopic (exact) mass is 269 g/mol. The summed E-state index contributed by atoms with van der Waals surface area (Å²) in [7, 11) is 4.92. The van der Waals surface area contributed by atoms with Crippen molar-refractivity contribution in [3.63, 3.8) is 0 Å². The Labute approximate surface area is 102 Å². The number of hydrogen-bond donors (Lipinski definition) is 0. The van der Waals surface area contributed by atoms with E-state index in [0.29, 0.717) is 5.96 Å². The molecule has 17 heavy (non-hydrogen) atoms. The molecule has 7 heteroatoms. The second-order valence-corrected chi connectivity index (χ2v) is 9.32. The van der Waals surface area contributed by atoms with Gasteiger partial charge in [0, 0.05) is 28.2 Å². The van der Waals surface area contributed by atoms with Gasteiger partial charge in [0.2, 0.25) is 0 Å². The maximum absolute atomic E-state index is 13.1. The van der Waals surface area contributed by atoms with Gasteiger partial charge in [0.15, 0.2) is 20.4 Å². The van der Waals surface area contributed by atoms with Gasteiger partial charge in [-0.25, -0.2) is 13.2 Å². The van der Waals surface area contributed by atoms with Crippen LogP contribution in [0.15, 0.2) is 4.66 Å². The number of rotatable bonds is 4. The summed E-state index contributed by atoms with van der Waals surface area (Å²) in [6, 6.07) is -0.157. The molecule has 0 fully saturated rings. The number of halogens is 3. The van der Waals surface area contributed by atoms with Crippen molar-refractivity contribution in [2.24, 2.45) is 4.66 Å². The van der Waals surface area contributed by atoms with Crippen LogP contribution in [0.3, 0.4) is 0 Å². The molecule has 0 aromatic heterocycles. The van der Waals surface area contributed by atoms with E-state index in [0.717, 1.165) is 0 Å². The van der Waals surface area contributed by atoms with Gasteiger partial charge < -0.3 is 9.80 Å². The van der Waals surface area contributed by atoms with Crippen molar-refractivity contribution in [2.45, 2.75) is 31.7 Å². The summed E-state index contributed by atoms with van der Waals surface area (Å²) in [5.74, 6) is 0.683. The van der Waals surface area contributed by atoms with Crippen molar-refractivity contribution in [1.82, 2.24) is 9.80 Å². The van der Waals surface area contributed by atoms with Crippen molar-refractivity contribution in [3.05, 3.63) is 0 Å². The van der Waals surface area contributed by atoms with Gasteiger partial charge in [-0.1, -0.05) is 0 Å². The molecule has 3 nitrogen and oxygen atoms in total. The van der Waals surface area contributed by atoms with Crippen LogP contribution in [0.2, 0.25) is 19.1 Å². The Morgan fingerprint density at radius 3 is 1.76 bits per heavy atom. The largest absolute Gasteiger partial charge is 0.350 e. The summed E-state index contributed by atoms with van der Waals surface area (Å²) >= 11 is 0. The average molecular weight is 269 g/mol. The zero-order valence-electron chi connectivity index (χ0n) is 11.3.